The molecule has 0 saturated heterocycles. The van der Waals surface area contributed by atoms with Crippen LogP contribution < -0.4 is 10.4 Å². The molecular weight excluding hydrogens is 661 g/mol. The van der Waals surface area contributed by atoms with Crippen molar-refractivity contribution in [2.45, 2.75) is 13.8 Å². The molecule has 2 aliphatic carbocycles. The van der Waals surface area contributed by atoms with Crippen LogP contribution >= 0.6 is 0 Å². The Labute approximate surface area is 319 Å². The van der Waals surface area contributed by atoms with Crippen LogP contribution in [0.2, 0.25) is 0 Å². The van der Waals surface area contributed by atoms with Crippen molar-refractivity contribution in [2.75, 3.05) is 0 Å². The minimum atomic E-state index is -0.168. The number of benzene rings is 10. The van der Waals surface area contributed by atoms with Crippen LogP contribution in [0.3, 0.4) is 0 Å². The highest BCUT2D eigenvalue weighted by atomic mass is 14.3. The van der Waals surface area contributed by atoms with Crippen molar-refractivity contribution < 1.29 is 0 Å². The van der Waals surface area contributed by atoms with Gasteiger partial charge in [-0.15, -0.1) is 0 Å². The zero-order valence-corrected chi connectivity index (χ0v) is 30.8. The molecule has 0 unspecified atom stereocenters. The predicted octanol–water partition coefficient (Wildman–Crippen LogP) is 13.4. The van der Waals surface area contributed by atoms with Gasteiger partial charge in [-0.25, -0.2) is 0 Å². The van der Waals surface area contributed by atoms with E-state index in [2.05, 4.69) is 196 Å². The van der Waals surface area contributed by atoms with Gasteiger partial charge in [-0.3, -0.25) is 0 Å². The number of rotatable bonds is 3. The fourth-order valence-corrected chi connectivity index (χ4v) is 10.2. The third kappa shape index (κ3) is 4.40. The van der Waals surface area contributed by atoms with Gasteiger partial charge in [0.15, 0.2) is 0 Å². The molecule has 0 fully saturated rings. The molecule has 0 N–H and O–H groups in total. The first kappa shape index (κ1) is 30.7. The normalized spacial score (nSPS) is 14.8. The van der Waals surface area contributed by atoms with Crippen molar-refractivity contribution in [2.24, 2.45) is 5.41 Å². The Balaban J connectivity index is 1.05. The standard InChI is InChI=1S/C55H36/c1-55(2)32-40(28-39-27-38-30-50-43-17-8-6-15-41(43)42-16-7-9-18-44(42)51(50)31-49(38)54(39)55)37-23-25-46(48(29-37)33-11-4-3-5-12-33)45-24-21-36-20-19-34-13-10-14-35-22-26-47(45)53(36)52(34)35/h3-32H,1-2H3. The van der Waals surface area contributed by atoms with Crippen molar-refractivity contribution in [3.63, 3.8) is 0 Å². The Morgan fingerprint density at radius 2 is 0.964 bits per heavy atom. The first-order valence-corrected chi connectivity index (χ1v) is 19.4. The van der Waals surface area contributed by atoms with E-state index in [1.54, 1.807) is 0 Å². The highest BCUT2D eigenvalue weighted by Crippen LogP contribution is 2.47. The molecule has 2 aliphatic rings. The number of hydrogen-bond acceptors (Lipinski definition) is 0. The van der Waals surface area contributed by atoms with Crippen LogP contribution in [0.5, 0.6) is 0 Å². The number of allylic oxidation sites excluding steroid dienone is 4. The van der Waals surface area contributed by atoms with Gasteiger partial charge in [-0.2, -0.15) is 0 Å². The van der Waals surface area contributed by atoms with E-state index in [0.29, 0.717) is 0 Å². The summed E-state index contributed by atoms with van der Waals surface area (Å²) in [6.07, 6.45) is 7.36. The molecule has 0 aliphatic heterocycles. The topological polar surface area (TPSA) is 0 Å². The lowest BCUT2D eigenvalue weighted by Crippen LogP contribution is -2.28. The quantitative estimate of drug-likeness (QED) is 0.161. The van der Waals surface area contributed by atoms with Crippen LogP contribution in [0, 0.1) is 5.41 Å². The summed E-state index contributed by atoms with van der Waals surface area (Å²) >= 11 is 0. The summed E-state index contributed by atoms with van der Waals surface area (Å²) in [5.74, 6) is 0. The Bertz CT molecular complexity index is 3470. The fraction of sp³-hybridized carbons (Fsp3) is 0.0545. The average molecular weight is 697 g/mol. The highest BCUT2D eigenvalue weighted by molar-refractivity contribution is 6.27. The molecule has 10 aromatic carbocycles. The van der Waals surface area contributed by atoms with Gasteiger partial charge >= 0.3 is 0 Å². The summed E-state index contributed by atoms with van der Waals surface area (Å²) in [5.41, 5.74) is 10.1. The molecule has 0 nitrogen and oxygen atoms in total. The van der Waals surface area contributed by atoms with E-state index in [1.807, 2.05) is 0 Å². The monoisotopic (exact) mass is 696 g/mol. The molecule has 0 heterocycles. The molecule has 0 bridgehead atoms. The zero-order valence-electron chi connectivity index (χ0n) is 30.8. The highest BCUT2D eigenvalue weighted by Gasteiger charge is 2.31. The lowest BCUT2D eigenvalue weighted by Gasteiger charge is -2.30. The molecule has 0 atom stereocenters. The summed E-state index contributed by atoms with van der Waals surface area (Å²) in [6, 6.07) is 61.2. The molecule has 0 amide bonds. The second-order valence-electron chi connectivity index (χ2n) is 16.1. The maximum absolute atomic E-state index is 2.50. The molecule has 0 radical (unpaired) electrons. The molecule has 0 saturated carbocycles. The SMILES string of the molecule is CC1(C)C=C(c2ccc(-c3ccc4ccc5cccc6ccc3c4c56)c(-c3ccccc3)c2)C=C2C=c3cc4c5ccccc5c5ccccc5c4cc3=C21. The second kappa shape index (κ2) is 11.1. The molecular formula is C55H36. The summed E-state index contributed by atoms with van der Waals surface area (Å²) in [5, 5.41) is 18.5. The Morgan fingerprint density at radius 3 is 1.69 bits per heavy atom. The summed E-state index contributed by atoms with van der Waals surface area (Å²) in [4.78, 5) is 0. The summed E-state index contributed by atoms with van der Waals surface area (Å²) < 4.78 is 0. The smallest absolute Gasteiger partial charge is 0.00965 e. The van der Waals surface area contributed by atoms with Crippen LogP contribution in [0.1, 0.15) is 19.4 Å². The van der Waals surface area contributed by atoms with Gasteiger partial charge < -0.3 is 0 Å². The van der Waals surface area contributed by atoms with Gasteiger partial charge in [0.2, 0.25) is 0 Å². The molecule has 0 heteroatoms. The van der Waals surface area contributed by atoms with Crippen LogP contribution in [-0.2, 0) is 0 Å². The molecule has 12 rings (SSSR count). The third-order valence-electron chi connectivity index (χ3n) is 12.5. The molecule has 10 aromatic rings. The number of hydrogen-bond donors (Lipinski definition) is 0. The number of fused-ring (bicyclic) bond motifs is 8. The van der Waals surface area contributed by atoms with Crippen molar-refractivity contribution >= 4 is 81.9 Å². The molecule has 0 spiro atoms. The van der Waals surface area contributed by atoms with E-state index in [9.17, 15) is 0 Å². The van der Waals surface area contributed by atoms with Crippen molar-refractivity contribution in [1.29, 1.82) is 0 Å². The largest absolute Gasteiger partial charge is 0.0665 e. The van der Waals surface area contributed by atoms with Gasteiger partial charge in [0.1, 0.15) is 0 Å². The Morgan fingerprint density at radius 1 is 0.364 bits per heavy atom. The predicted molar refractivity (Wildman–Crippen MR) is 237 cm³/mol. The van der Waals surface area contributed by atoms with Gasteiger partial charge in [-0.05, 0) is 150 Å². The summed E-state index contributed by atoms with van der Waals surface area (Å²) in [7, 11) is 0. The van der Waals surface area contributed by atoms with E-state index < -0.39 is 0 Å². The summed E-state index contributed by atoms with van der Waals surface area (Å²) in [6.45, 7) is 4.77. The minimum Gasteiger partial charge on any atom is -0.0665 e. The lowest BCUT2D eigenvalue weighted by atomic mass is 9.74. The van der Waals surface area contributed by atoms with E-state index in [4.69, 9.17) is 0 Å². The molecule has 55 heavy (non-hydrogen) atoms. The molecule has 0 aromatic heterocycles. The Hall–Kier alpha value is -6.76. The van der Waals surface area contributed by atoms with Crippen molar-refractivity contribution in [1.82, 2.24) is 0 Å². The van der Waals surface area contributed by atoms with Crippen LogP contribution in [0.25, 0.3) is 104 Å². The lowest BCUT2D eigenvalue weighted by molar-refractivity contribution is 0.647. The maximum atomic E-state index is 2.50. The molecule has 256 valence electrons. The van der Waals surface area contributed by atoms with Crippen molar-refractivity contribution in [3.05, 3.63) is 198 Å². The third-order valence-corrected chi connectivity index (χ3v) is 12.5. The first-order chi connectivity index (χ1) is 27.0. The van der Waals surface area contributed by atoms with Gasteiger partial charge in [0, 0.05) is 5.41 Å². The van der Waals surface area contributed by atoms with Gasteiger partial charge in [-0.1, -0.05) is 166 Å². The van der Waals surface area contributed by atoms with Gasteiger partial charge in [0.25, 0.3) is 0 Å². The second-order valence-corrected chi connectivity index (χ2v) is 16.1. The van der Waals surface area contributed by atoms with Gasteiger partial charge in [0.05, 0.1) is 0 Å². The van der Waals surface area contributed by atoms with E-state index >= 15 is 0 Å². The Kier molecular flexibility index (Phi) is 6.21. The average Bonchev–Trinajstić information content (AvgIpc) is 3.61. The van der Waals surface area contributed by atoms with Crippen LogP contribution in [0.15, 0.2) is 182 Å². The fourth-order valence-electron chi connectivity index (χ4n) is 10.2. The van der Waals surface area contributed by atoms with Crippen LogP contribution in [-0.4, -0.2) is 0 Å². The van der Waals surface area contributed by atoms with E-state index in [-0.39, 0.29) is 5.41 Å². The van der Waals surface area contributed by atoms with Crippen molar-refractivity contribution in [3.8, 4) is 22.3 Å². The minimum absolute atomic E-state index is 0.168. The van der Waals surface area contributed by atoms with Crippen LogP contribution in [0.4, 0.5) is 0 Å². The first-order valence-electron chi connectivity index (χ1n) is 19.4. The van der Waals surface area contributed by atoms with E-state index in [0.717, 1.165) is 0 Å². The van der Waals surface area contributed by atoms with E-state index in [1.165, 1.54) is 120 Å². The maximum Gasteiger partial charge on any atom is 0.00965 e. The zero-order chi connectivity index (χ0) is 36.4.